The predicted molar refractivity (Wildman–Crippen MR) is 169 cm³/mol. The fourth-order valence-electron chi connectivity index (χ4n) is 6.96. The molecule has 0 aromatic heterocycles. The average Bonchev–Trinajstić information content (AvgIpc) is 3.65. The topological polar surface area (TPSA) is 206 Å². The molecule has 0 spiro atoms. The summed E-state index contributed by atoms with van der Waals surface area (Å²) in [5.74, 6) is -1.74. The van der Waals surface area contributed by atoms with E-state index in [1.54, 1.807) is 9.80 Å². The van der Waals surface area contributed by atoms with Crippen LogP contribution < -0.4 is 27.8 Å². The molecule has 1 aromatic rings. The Morgan fingerprint density at radius 3 is 2.36 bits per heavy atom. The minimum absolute atomic E-state index is 0.0139. The van der Waals surface area contributed by atoms with Gasteiger partial charge in [-0.15, -0.1) is 0 Å². The summed E-state index contributed by atoms with van der Waals surface area (Å²) in [5.41, 5.74) is 18.3. The molecule has 246 valence electrons. The van der Waals surface area contributed by atoms with E-state index in [0.717, 1.165) is 36.8 Å². The third-order valence-corrected chi connectivity index (χ3v) is 9.32. The quantitative estimate of drug-likeness (QED) is 0.124. The third-order valence-electron chi connectivity index (χ3n) is 9.32. The summed E-state index contributed by atoms with van der Waals surface area (Å²) < 4.78 is 0. The number of carbonyl (C=O) groups is 5. The number of nitrogens with one attached hydrogen (secondary N) is 2. The smallest absolute Gasteiger partial charge is 0.246 e. The molecule has 13 heteroatoms. The Morgan fingerprint density at radius 1 is 0.956 bits per heavy atom. The molecule has 13 nitrogen and oxygen atoms in total. The van der Waals surface area contributed by atoms with Crippen LogP contribution in [-0.2, 0) is 30.4 Å². The highest BCUT2D eigenvalue weighted by atomic mass is 16.2. The minimum Gasteiger partial charge on any atom is -0.370 e. The maximum Gasteiger partial charge on any atom is 0.246 e. The Bertz CT molecular complexity index is 1280. The van der Waals surface area contributed by atoms with Crippen molar-refractivity contribution < 1.29 is 24.0 Å². The lowest BCUT2D eigenvalue weighted by Gasteiger charge is -2.35. The van der Waals surface area contributed by atoms with Crippen LogP contribution in [0.1, 0.15) is 75.8 Å². The van der Waals surface area contributed by atoms with Gasteiger partial charge in [-0.3, -0.25) is 29.0 Å². The van der Waals surface area contributed by atoms with Gasteiger partial charge in [0.25, 0.3) is 0 Å². The molecule has 0 radical (unpaired) electrons. The van der Waals surface area contributed by atoms with Crippen LogP contribution in [0.5, 0.6) is 0 Å². The van der Waals surface area contributed by atoms with Gasteiger partial charge in [-0.25, -0.2) is 0 Å². The van der Waals surface area contributed by atoms with Crippen LogP contribution in [0.25, 0.3) is 0 Å². The molecular weight excluding hydrogens is 576 g/mol. The second-order valence-corrected chi connectivity index (χ2v) is 12.6. The van der Waals surface area contributed by atoms with Crippen LogP contribution in [0.4, 0.5) is 0 Å². The number of carbonyl (C=O) groups excluding carboxylic acids is 5. The summed E-state index contributed by atoms with van der Waals surface area (Å²) >= 11 is 0. The number of benzene rings is 1. The first-order valence-electron chi connectivity index (χ1n) is 16.1. The van der Waals surface area contributed by atoms with Gasteiger partial charge in [0, 0.05) is 32.0 Å². The van der Waals surface area contributed by atoms with E-state index in [0.29, 0.717) is 38.8 Å². The van der Waals surface area contributed by atoms with E-state index in [9.17, 15) is 24.0 Å². The van der Waals surface area contributed by atoms with Gasteiger partial charge in [0.15, 0.2) is 5.96 Å². The zero-order valence-electron chi connectivity index (χ0n) is 26.4. The van der Waals surface area contributed by atoms with Gasteiger partial charge >= 0.3 is 0 Å². The molecule has 6 atom stereocenters. The summed E-state index contributed by atoms with van der Waals surface area (Å²) in [6, 6.07) is 4.29. The maximum absolute atomic E-state index is 14.0. The number of aryl methyl sites for hydroxylation is 1. The number of likely N-dealkylation sites (tertiary alicyclic amines) is 2. The average molecular weight is 625 g/mol. The molecule has 2 saturated heterocycles. The van der Waals surface area contributed by atoms with E-state index in [4.69, 9.17) is 17.2 Å². The molecule has 1 aliphatic carbocycles. The summed E-state index contributed by atoms with van der Waals surface area (Å²) in [5, 5.41) is 5.38. The number of fused-ring (bicyclic) bond motifs is 1. The number of nitrogens with zero attached hydrogens (tertiary/aromatic N) is 3. The summed E-state index contributed by atoms with van der Waals surface area (Å²) in [7, 11) is 0. The molecular formula is C32H48N8O5. The number of aliphatic imine (C=N–C) groups is 1. The number of guanidine groups is 1. The van der Waals surface area contributed by atoms with Crippen molar-refractivity contribution in [2.45, 2.75) is 108 Å². The van der Waals surface area contributed by atoms with E-state index >= 15 is 0 Å². The lowest BCUT2D eigenvalue weighted by molar-refractivity contribution is -0.148. The highest BCUT2D eigenvalue weighted by Gasteiger charge is 2.50. The molecule has 3 aliphatic rings. The Hall–Kier alpha value is -4.16. The number of hydrogen-bond acceptors (Lipinski definition) is 6. The van der Waals surface area contributed by atoms with Crippen LogP contribution in [0, 0.1) is 12.8 Å². The van der Waals surface area contributed by atoms with Gasteiger partial charge in [0.05, 0.1) is 0 Å². The predicted octanol–water partition coefficient (Wildman–Crippen LogP) is 0.217. The van der Waals surface area contributed by atoms with E-state index in [1.165, 1.54) is 6.92 Å². The summed E-state index contributed by atoms with van der Waals surface area (Å²) in [6.45, 7) is 4.22. The molecule has 3 fully saturated rings. The highest BCUT2D eigenvalue weighted by molar-refractivity contribution is 5.96. The van der Waals surface area contributed by atoms with Gasteiger partial charge in [-0.2, -0.15) is 0 Å². The normalized spacial score (nSPS) is 23.9. The van der Waals surface area contributed by atoms with Gasteiger partial charge in [-0.1, -0.05) is 42.7 Å². The second kappa shape index (κ2) is 15.2. The van der Waals surface area contributed by atoms with E-state index < -0.39 is 41.9 Å². The number of nitrogens with two attached hydrogens (primary N) is 3. The Balaban J connectivity index is 1.39. The Labute approximate surface area is 264 Å². The number of rotatable bonds is 12. The van der Waals surface area contributed by atoms with Crippen molar-refractivity contribution in [3.63, 3.8) is 0 Å². The standard InChI is InChI=1S/C32H48N8O5/c1-19-11-13-21(14-12-19)17-23(28(33)42)38-29(43)20(2)37-30(44)25-9-6-16-39(25)31(45)26-18-22-7-3-4-8-24(22)40(26)27(41)10-5-15-36-32(34)35/h11-14,20,22-26H,3-10,15-18H2,1-2H3,(H2,33,42)(H,37,44)(H,38,43)(H4,34,35,36)/t20-,22+,23+,24+,25+,26+/m1/s1. The fraction of sp³-hybridized carbons (Fsp3) is 0.625. The number of primary amides is 1. The zero-order chi connectivity index (χ0) is 32.7. The van der Waals surface area contributed by atoms with E-state index in [-0.39, 0.29) is 42.6 Å². The molecule has 5 amide bonds. The molecule has 2 aliphatic heterocycles. The molecule has 0 unspecified atom stereocenters. The molecule has 8 N–H and O–H groups in total. The molecule has 45 heavy (non-hydrogen) atoms. The van der Waals surface area contributed by atoms with Crippen LogP contribution in [0.15, 0.2) is 29.3 Å². The molecule has 1 saturated carbocycles. The van der Waals surface area contributed by atoms with Crippen LogP contribution in [0.2, 0.25) is 0 Å². The van der Waals surface area contributed by atoms with Crippen molar-refractivity contribution in [1.82, 2.24) is 20.4 Å². The van der Waals surface area contributed by atoms with E-state index in [2.05, 4.69) is 15.6 Å². The van der Waals surface area contributed by atoms with Crippen molar-refractivity contribution in [1.29, 1.82) is 0 Å². The third kappa shape index (κ3) is 8.52. The summed E-state index contributed by atoms with van der Waals surface area (Å²) in [6.07, 6.45) is 6.52. The van der Waals surface area contributed by atoms with Crippen molar-refractivity contribution in [2.75, 3.05) is 13.1 Å². The van der Waals surface area contributed by atoms with Crippen molar-refractivity contribution >= 4 is 35.5 Å². The first-order chi connectivity index (χ1) is 21.5. The van der Waals surface area contributed by atoms with Gasteiger partial charge in [-0.05, 0) is 63.9 Å². The molecule has 0 bridgehead atoms. The summed E-state index contributed by atoms with van der Waals surface area (Å²) in [4.78, 5) is 73.4. The lowest BCUT2D eigenvalue weighted by atomic mass is 9.84. The van der Waals surface area contributed by atoms with Gasteiger partial charge < -0.3 is 37.6 Å². The van der Waals surface area contributed by atoms with Crippen molar-refractivity contribution in [3.8, 4) is 0 Å². The zero-order valence-corrected chi connectivity index (χ0v) is 26.4. The second-order valence-electron chi connectivity index (χ2n) is 12.6. The Kier molecular flexibility index (Phi) is 11.4. The van der Waals surface area contributed by atoms with Crippen LogP contribution in [-0.4, -0.2) is 88.6 Å². The largest absolute Gasteiger partial charge is 0.370 e. The molecule has 1 aromatic carbocycles. The van der Waals surface area contributed by atoms with Crippen molar-refractivity contribution in [2.24, 2.45) is 28.1 Å². The highest BCUT2D eigenvalue weighted by Crippen LogP contribution is 2.41. The van der Waals surface area contributed by atoms with Crippen molar-refractivity contribution in [3.05, 3.63) is 35.4 Å². The maximum atomic E-state index is 14.0. The monoisotopic (exact) mass is 624 g/mol. The number of hydrogen-bond donors (Lipinski definition) is 5. The van der Waals surface area contributed by atoms with Gasteiger partial charge in [0.1, 0.15) is 24.2 Å². The first-order valence-corrected chi connectivity index (χ1v) is 16.1. The van der Waals surface area contributed by atoms with E-state index in [1.807, 2.05) is 31.2 Å². The SMILES string of the molecule is Cc1ccc(C[C@H](NC(=O)[C@@H](C)NC(=O)[C@@H]2CCCN2C(=O)[C@@H]2C[C@@H]3CCCC[C@@H]3N2C(=O)CCCN=C(N)N)C(N)=O)cc1. The van der Waals surface area contributed by atoms with Crippen LogP contribution in [0.3, 0.4) is 0 Å². The van der Waals surface area contributed by atoms with Gasteiger partial charge in [0.2, 0.25) is 29.5 Å². The first kappa shape index (κ1) is 33.7. The molecule has 4 rings (SSSR count). The molecule has 2 heterocycles. The fourth-order valence-corrected chi connectivity index (χ4v) is 6.96. The lowest BCUT2D eigenvalue weighted by Crippen LogP contribution is -2.57. The minimum atomic E-state index is -0.965. The Morgan fingerprint density at radius 2 is 1.67 bits per heavy atom. The van der Waals surface area contributed by atoms with Crippen LogP contribution >= 0.6 is 0 Å². The number of amides is 5.